The first-order valence-electron chi connectivity index (χ1n) is 7.55. The molecule has 0 saturated carbocycles. The average Bonchev–Trinajstić information content (AvgIpc) is 2.60. The molecular formula is C16H24BClO3. The van der Waals surface area contributed by atoms with Crippen LogP contribution < -0.4 is 10.2 Å². The van der Waals surface area contributed by atoms with Crippen molar-refractivity contribution in [1.82, 2.24) is 0 Å². The molecule has 1 heterocycles. The van der Waals surface area contributed by atoms with E-state index in [2.05, 4.69) is 6.92 Å². The lowest BCUT2D eigenvalue weighted by atomic mass is 9.79. The van der Waals surface area contributed by atoms with Crippen molar-refractivity contribution in [3.8, 4) is 5.75 Å². The predicted molar refractivity (Wildman–Crippen MR) is 87.6 cm³/mol. The molecule has 21 heavy (non-hydrogen) atoms. The second-order valence-electron chi connectivity index (χ2n) is 6.48. The zero-order chi connectivity index (χ0) is 15.7. The fourth-order valence-electron chi connectivity index (χ4n) is 2.09. The zero-order valence-corrected chi connectivity index (χ0v) is 14.3. The van der Waals surface area contributed by atoms with Crippen LogP contribution in [0.25, 0.3) is 0 Å². The highest BCUT2D eigenvalue weighted by atomic mass is 35.5. The normalized spacial score (nSPS) is 19.8. The first-order chi connectivity index (χ1) is 9.77. The van der Waals surface area contributed by atoms with Crippen molar-refractivity contribution in [3.63, 3.8) is 0 Å². The van der Waals surface area contributed by atoms with Gasteiger partial charge >= 0.3 is 7.12 Å². The molecule has 1 aliphatic heterocycles. The molecule has 5 heteroatoms. The van der Waals surface area contributed by atoms with Crippen LogP contribution in [0, 0.1) is 0 Å². The molecule has 0 spiro atoms. The fourth-order valence-corrected chi connectivity index (χ4v) is 2.33. The van der Waals surface area contributed by atoms with E-state index >= 15 is 0 Å². The van der Waals surface area contributed by atoms with Crippen molar-refractivity contribution >= 4 is 24.2 Å². The van der Waals surface area contributed by atoms with Crippen molar-refractivity contribution in [2.24, 2.45) is 0 Å². The number of hydrogen-bond donors (Lipinski definition) is 0. The van der Waals surface area contributed by atoms with Gasteiger partial charge in [-0.15, -0.1) is 0 Å². The third-order valence-corrected chi connectivity index (χ3v) is 4.53. The van der Waals surface area contributed by atoms with Gasteiger partial charge in [0, 0.05) is 0 Å². The zero-order valence-electron chi connectivity index (χ0n) is 13.5. The summed E-state index contributed by atoms with van der Waals surface area (Å²) in [5.74, 6) is 0.713. The number of benzene rings is 1. The first-order valence-corrected chi connectivity index (χ1v) is 7.92. The Morgan fingerprint density at radius 3 is 2.29 bits per heavy atom. The van der Waals surface area contributed by atoms with E-state index in [9.17, 15) is 0 Å². The highest BCUT2D eigenvalue weighted by molar-refractivity contribution is 6.62. The molecule has 1 fully saturated rings. The molecule has 1 aromatic rings. The molecule has 0 radical (unpaired) electrons. The maximum Gasteiger partial charge on any atom is 0.494 e. The lowest BCUT2D eigenvalue weighted by Gasteiger charge is -2.32. The van der Waals surface area contributed by atoms with Crippen LogP contribution >= 0.6 is 11.6 Å². The van der Waals surface area contributed by atoms with Crippen molar-refractivity contribution in [2.75, 3.05) is 6.61 Å². The molecule has 0 N–H and O–H groups in total. The molecule has 0 unspecified atom stereocenters. The van der Waals surface area contributed by atoms with Crippen LogP contribution in [0.2, 0.25) is 5.02 Å². The van der Waals surface area contributed by atoms with Gasteiger partial charge in [-0.3, -0.25) is 0 Å². The molecule has 0 atom stereocenters. The first kappa shape index (κ1) is 16.7. The fraction of sp³-hybridized carbons (Fsp3) is 0.625. The third kappa shape index (κ3) is 3.55. The van der Waals surface area contributed by atoms with Crippen LogP contribution in [-0.4, -0.2) is 24.9 Å². The standard InChI is InChI=1S/C16H24BClO3/c1-6-7-10-19-14-9-8-12(11-13(14)18)17-20-15(2,3)16(4,5)21-17/h8-9,11H,6-7,10H2,1-5H3. The van der Waals surface area contributed by atoms with E-state index in [0.29, 0.717) is 17.4 Å². The van der Waals surface area contributed by atoms with E-state index in [1.807, 2.05) is 45.9 Å². The highest BCUT2D eigenvalue weighted by Gasteiger charge is 2.51. The summed E-state index contributed by atoms with van der Waals surface area (Å²) < 4.78 is 17.7. The van der Waals surface area contributed by atoms with E-state index in [-0.39, 0.29) is 11.2 Å². The van der Waals surface area contributed by atoms with Gasteiger partial charge in [0.05, 0.1) is 22.8 Å². The van der Waals surface area contributed by atoms with Crippen molar-refractivity contribution in [2.45, 2.75) is 58.7 Å². The van der Waals surface area contributed by atoms with Crippen molar-refractivity contribution < 1.29 is 14.0 Å². The van der Waals surface area contributed by atoms with Crippen LogP contribution in [0.3, 0.4) is 0 Å². The van der Waals surface area contributed by atoms with Crippen LogP contribution in [-0.2, 0) is 9.31 Å². The Kier molecular flexibility index (Phi) is 4.91. The number of rotatable bonds is 5. The summed E-state index contributed by atoms with van der Waals surface area (Å²) in [6, 6.07) is 5.71. The van der Waals surface area contributed by atoms with Gasteiger partial charge in [0.15, 0.2) is 0 Å². The van der Waals surface area contributed by atoms with E-state index in [0.717, 1.165) is 18.3 Å². The average molecular weight is 311 g/mol. The van der Waals surface area contributed by atoms with Crippen molar-refractivity contribution in [3.05, 3.63) is 23.2 Å². The molecule has 1 aliphatic rings. The van der Waals surface area contributed by atoms with E-state index < -0.39 is 7.12 Å². The van der Waals surface area contributed by atoms with Gasteiger partial charge in [-0.25, -0.2) is 0 Å². The van der Waals surface area contributed by atoms with Crippen LogP contribution in [0.15, 0.2) is 18.2 Å². The van der Waals surface area contributed by atoms with Gasteiger partial charge in [-0.05, 0) is 51.7 Å². The topological polar surface area (TPSA) is 27.7 Å². The summed E-state index contributed by atoms with van der Waals surface area (Å²) >= 11 is 6.29. The number of halogens is 1. The SMILES string of the molecule is CCCCOc1ccc(B2OC(C)(C)C(C)(C)O2)cc1Cl. The molecule has 3 nitrogen and oxygen atoms in total. The molecule has 0 aromatic heterocycles. The third-order valence-electron chi connectivity index (χ3n) is 4.24. The van der Waals surface area contributed by atoms with Crippen molar-refractivity contribution in [1.29, 1.82) is 0 Å². The van der Waals surface area contributed by atoms with Gasteiger partial charge in [-0.1, -0.05) is 31.0 Å². The minimum Gasteiger partial charge on any atom is -0.492 e. The van der Waals surface area contributed by atoms with Crippen LogP contribution in [0.4, 0.5) is 0 Å². The Morgan fingerprint density at radius 2 is 1.76 bits per heavy atom. The van der Waals surface area contributed by atoms with Crippen LogP contribution in [0.1, 0.15) is 47.5 Å². The van der Waals surface area contributed by atoms with Gasteiger partial charge in [0.1, 0.15) is 5.75 Å². The molecule has 0 amide bonds. The lowest BCUT2D eigenvalue weighted by Crippen LogP contribution is -2.41. The molecule has 1 saturated heterocycles. The Balaban J connectivity index is 2.11. The predicted octanol–water partition coefficient (Wildman–Crippen LogP) is 3.82. The molecule has 0 aliphatic carbocycles. The minimum atomic E-state index is -0.391. The Hall–Kier alpha value is -0.705. The summed E-state index contributed by atoms with van der Waals surface area (Å²) in [5, 5.41) is 0.596. The summed E-state index contributed by atoms with van der Waals surface area (Å²) in [5.41, 5.74) is 0.224. The summed E-state index contributed by atoms with van der Waals surface area (Å²) in [4.78, 5) is 0. The molecule has 116 valence electrons. The second-order valence-corrected chi connectivity index (χ2v) is 6.89. The van der Waals surface area contributed by atoms with E-state index in [1.165, 1.54) is 0 Å². The highest BCUT2D eigenvalue weighted by Crippen LogP contribution is 2.37. The van der Waals surface area contributed by atoms with Crippen LogP contribution in [0.5, 0.6) is 5.75 Å². The summed E-state index contributed by atoms with van der Waals surface area (Å²) in [6.45, 7) is 11.0. The molecule has 1 aromatic carbocycles. The molecule has 0 bridgehead atoms. The van der Waals surface area contributed by atoms with Gasteiger partial charge in [-0.2, -0.15) is 0 Å². The Labute approximate surface area is 133 Å². The maximum absolute atomic E-state index is 6.29. The maximum atomic E-state index is 6.29. The van der Waals surface area contributed by atoms with Gasteiger partial charge in [0.25, 0.3) is 0 Å². The lowest BCUT2D eigenvalue weighted by molar-refractivity contribution is 0.00578. The Bertz CT molecular complexity index is 486. The Morgan fingerprint density at radius 1 is 1.14 bits per heavy atom. The number of hydrogen-bond acceptors (Lipinski definition) is 3. The summed E-state index contributed by atoms with van der Waals surface area (Å²) in [6.07, 6.45) is 2.12. The number of ether oxygens (including phenoxy) is 1. The van der Waals surface area contributed by atoms with Gasteiger partial charge in [0.2, 0.25) is 0 Å². The quantitative estimate of drug-likeness (QED) is 0.611. The van der Waals surface area contributed by atoms with Gasteiger partial charge < -0.3 is 14.0 Å². The number of unbranched alkanes of at least 4 members (excludes halogenated alkanes) is 1. The van der Waals surface area contributed by atoms with E-state index in [4.69, 9.17) is 25.6 Å². The van der Waals surface area contributed by atoms with E-state index in [1.54, 1.807) is 0 Å². The largest absolute Gasteiger partial charge is 0.494 e. The summed E-state index contributed by atoms with van der Waals surface area (Å²) in [7, 11) is -0.391. The minimum absolute atomic E-state index is 0.347. The molecule has 2 rings (SSSR count). The smallest absolute Gasteiger partial charge is 0.492 e. The molecular weight excluding hydrogens is 286 g/mol. The second kappa shape index (κ2) is 6.19. The monoisotopic (exact) mass is 310 g/mol.